The van der Waals surface area contributed by atoms with Crippen molar-refractivity contribution in [1.29, 1.82) is 5.26 Å². The molecule has 186 valence electrons. The zero-order valence-corrected chi connectivity index (χ0v) is 18.9. The van der Waals surface area contributed by atoms with Gasteiger partial charge in [0.2, 0.25) is 5.88 Å². The van der Waals surface area contributed by atoms with E-state index in [0.29, 0.717) is 24.3 Å². The van der Waals surface area contributed by atoms with Crippen molar-refractivity contribution in [1.82, 2.24) is 15.3 Å². The van der Waals surface area contributed by atoms with Gasteiger partial charge in [-0.3, -0.25) is 4.79 Å². The van der Waals surface area contributed by atoms with E-state index in [9.17, 15) is 18.0 Å². The Morgan fingerprint density at radius 2 is 2.00 bits per heavy atom. The number of benzene rings is 1. The highest BCUT2D eigenvalue weighted by atomic mass is 19.4. The summed E-state index contributed by atoms with van der Waals surface area (Å²) in [6, 6.07) is 13.8. The number of ether oxygens (including phenoxy) is 3. The highest BCUT2D eigenvalue weighted by Crippen LogP contribution is 2.34. The van der Waals surface area contributed by atoms with Crippen LogP contribution in [0.15, 0.2) is 54.9 Å². The van der Waals surface area contributed by atoms with Crippen LogP contribution < -0.4 is 14.8 Å². The van der Waals surface area contributed by atoms with Gasteiger partial charge in [0.05, 0.1) is 18.2 Å². The first kappa shape index (κ1) is 24.9. The van der Waals surface area contributed by atoms with Crippen LogP contribution in [0.3, 0.4) is 0 Å². The number of fused-ring (bicyclic) bond motifs is 1. The lowest BCUT2D eigenvalue weighted by molar-refractivity contribution is -0.175. The molecule has 3 aromatic rings. The van der Waals surface area contributed by atoms with Gasteiger partial charge < -0.3 is 19.5 Å². The van der Waals surface area contributed by atoms with Crippen molar-refractivity contribution in [3.63, 3.8) is 0 Å². The number of rotatable bonds is 8. The predicted octanol–water partition coefficient (Wildman–Crippen LogP) is 3.71. The quantitative estimate of drug-likeness (QED) is 0.472. The summed E-state index contributed by atoms with van der Waals surface area (Å²) in [6.45, 7) is -1.40. The number of carbonyl (C=O) groups is 1. The predicted molar refractivity (Wildman–Crippen MR) is 121 cm³/mol. The molecule has 1 N–H and O–H groups in total. The van der Waals surface area contributed by atoms with Gasteiger partial charge in [-0.25, -0.2) is 9.97 Å². The molecular formula is C25H21F3N4O4. The molecule has 1 aliphatic heterocycles. The molecule has 36 heavy (non-hydrogen) atoms. The van der Waals surface area contributed by atoms with E-state index in [2.05, 4.69) is 20.0 Å². The molecule has 11 heteroatoms. The number of hydrogen-bond donors (Lipinski definition) is 1. The summed E-state index contributed by atoms with van der Waals surface area (Å²) >= 11 is 0. The molecule has 1 aliphatic rings. The van der Waals surface area contributed by atoms with Crippen LogP contribution in [0.25, 0.3) is 11.1 Å². The van der Waals surface area contributed by atoms with E-state index >= 15 is 0 Å². The third-order valence-electron chi connectivity index (χ3n) is 5.29. The SMILES string of the molecule is N#Cc1ccc(-c2cccc3c2C[C@H](NC(=O)c2ccc(OCCOCC(F)(F)F)nc2)CO3)cn1. The summed E-state index contributed by atoms with van der Waals surface area (Å²) in [5, 5.41) is 11.9. The molecule has 8 nitrogen and oxygen atoms in total. The van der Waals surface area contributed by atoms with Crippen molar-refractivity contribution < 1.29 is 32.2 Å². The highest BCUT2D eigenvalue weighted by Gasteiger charge is 2.27. The number of amides is 1. The van der Waals surface area contributed by atoms with Crippen molar-refractivity contribution in [2.45, 2.75) is 18.6 Å². The second-order valence-corrected chi connectivity index (χ2v) is 7.91. The number of nitriles is 1. The minimum atomic E-state index is -4.39. The van der Waals surface area contributed by atoms with Crippen LogP contribution in [0.2, 0.25) is 0 Å². The Bertz CT molecular complexity index is 1240. The Morgan fingerprint density at radius 3 is 2.69 bits per heavy atom. The van der Waals surface area contributed by atoms with Crippen molar-refractivity contribution in [3.8, 4) is 28.8 Å². The van der Waals surface area contributed by atoms with E-state index in [1.165, 1.54) is 18.3 Å². The Morgan fingerprint density at radius 1 is 1.14 bits per heavy atom. The second kappa shape index (κ2) is 11.0. The van der Waals surface area contributed by atoms with E-state index in [1.807, 2.05) is 30.3 Å². The molecule has 4 rings (SSSR count). The van der Waals surface area contributed by atoms with Gasteiger partial charge in [0.15, 0.2) is 0 Å². The maximum absolute atomic E-state index is 12.7. The van der Waals surface area contributed by atoms with Crippen LogP contribution in [0, 0.1) is 11.3 Å². The number of nitrogens with zero attached hydrogens (tertiary/aromatic N) is 3. The molecule has 1 atom stereocenters. The summed E-state index contributed by atoms with van der Waals surface area (Å²) in [7, 11) is 0. The van der Waals surface area contributed by atoms with Gasteiger partial charge in [-0.2, -0.15) is 18.4 Å². The third-order valence-corrected chi connectivity index (χ3v) is 5.29. The minimum absolute atomic E-state index is 0.107. The van der Waals surface area contributed by atoms with Crippen LogP contribution in [-0.2, 0) is 11.2 Å². The Hall–Kier alpha value is -4.17. The number of halogens is 3. The van der Waals surface area contributed by atoms with Crippen LogP contribution in [0.4, 0.5) is 13.2 Å². The standard InChI is InChI=1S/C25H21F3N4O4/c26-25(27,28)15-34-8-9-35-23-7-5-17(13-31-23)24(33)32-19-10-21-20(2-1-3-22(21)36-14-19)16-4-6-18(11-29)30-12-16/h1-7,12-13,19H,8-10,14-15H2,(H,32,33)/t19-/m0/s1. The minimum Gasteiger partial charge on any atom is -0.491 e. The molecule has 0 aliphatic carbocycles. The fourth-order valence-corrected chi connectivity index (χ4v) is 3.65. The zero-order valence-electron chi connectivity index (χ0n) is 18.9. The molecule has 0 saturated heterocycles. The lowest BCUT2D eigenvalue weighted by Crippen LogP contribution is -2.42. The number of aromatic nitrogens is 2. The van der Waals surface area contributed by atoms with Crippen LogP contribution in [-0.4, -0.2) is 54.5 Å². The van der Waals surface area contributed by atoms with Crippen molar-refractivity contribution in [3.05, 3.63) is 71.7 Å². The zero-order chi connectivity index (χ0) is 25.5. The van der Waals surface area contributed by atoms with Crippen molar-refractivity contribution in [2.75, 3.05) is 26.4 Å². The van der Waals surface area contributed by atoms with Gasteiger partial charge in [-0.15, -0.1) is 0 Å². The molecule has 1 aromatic carbocycles. The highest BCUT2D eigenvalue weighted by molar-refractivity contribution is 5.94. The van der Waals surface area contributed by atoms with Gasteiger partial charge in [-0.1, -0.05) is 12.1 Å². The van der Waals surface area contributed by atoms with E-state index in [-0.39, 0.29) is 31.0 Å². The molecule has 0 spiro atoms. The van der Waals surface area contributed by atoms with Crippen LogP contribution in [0.5, 0.6) is 11.6 Å². The van der Waals surface area contributed by atoms with Crippen LogP contribution >= 0.6 is 0 Å². The van der Waals surface area contributed by atoms with E-state index in [1.54, 1.807) is 12.3 Å². The summed E-state index contributed by atoms with van der Waals surface area (Å²) in [4.78, 5) is 20.9. The Kier molecular flexibility index (Phi) is 7.65. The molecule has 0 fully saturated rings. The first-order valence-electron chi connectivity index (χ1n) is 11.0. The summed E-state index contributed by atoms with van der Waals surface area (Å²) in [6.07, 6.45) is -0.897. The van der Waals surface area contributed by atoms with Gasteiger partial charge in [0.1, 0.15) is 37.3 Å². The maximum Gasteiger partial charge on any atom is 0.411 e. The molecule has 2 aromatic heterocycles. The summed E-state index contributed by atoms with van der Waals surface area (Å²) < 4.78 is 51.7. The summed E-state index contributed by atoms with van der Waals surface area (Å²) in [5.41, 5.74) is 3.29. The Labute approximate surface area is 204 Å². The van der Waals surface area contributed by atoms with Crippen molar-refractivity contribution >= 4 is 5.91 Å². The molecular weight excluding hydrogens is 477 g/mol. The molecule has 3 heterocycles. The largest absolute Gasteiger partial charge is 0.491 e. The van der Waals surface area contributed by atoms with Gasteiger partial charge in [0.25, 0.3) is 5.91 Å². The van der Waals surface area contributed by atoms with E-state index in [0.717, 1.165) is 22.4 Å². The number of pyridine rings is 2. The lowest BCUT2D eigenvalue weighted by Gasteiger charge is -2.28. The van der Waals surface area contributed by atoms with Crippen molar-refractivity contribution in [2.24, 2.45) is 0 Å². The third kappa shape index (κ3) is 6.49. The number of carbonyl (C=O) groups excluding carboxylic acids is 1. The normalized spacial score (nSPS) is 14.8. The molecule has 0 bridgehead atoms. The van der Waals surface area contributed by atoms with E-state index < -0.39 is 12.8 Å². The number of alkyl halides is 3. The van der Waals surface area contributed by atoms with Gasteiger partial charge in [-0.05, 0) is 29.8 Å². The second-order valence-electron chi connectivity index (χ2n) is 7.91. The lowest BCUT2D eigenvalue weighted by atomic mass is 9.93. The average Bonchev–Trinajstić information content (AvgIpc) is 2.88. The monoisotopic (exact) mass is 498 g/mol. The van der Waals surface area contributed by atoms with Crippen LogP contribution in [0.1, 0.15) is 21.6 Å². The van der Waals surface area contributed by atoms with Gasteiger partial charge in [0, 0.05) is 36.0 Å². The fourth-order valence-electron chi connectivity index (χ4n) is 3.65. The smallest absolute Gasteiger partial charge is 0.411 e. The fraction of sp³-hybridized carbons (Fsp3) is 0.280. The maximum atomic E-state index is 12.7. The average molecular weight is 498 g/mol. The number of hydrogen-bond acceptors (Lipinski definition) is 7. The summed E-state index contributed by atoms with van der Waals surface area (Å²) in [5.74, 6) is 0.541. The first-order chi connectivity index (χ1) is 17.3. The molecule has 0 radical (unpaired) electrons. The molecule has 0 saturated carbocycles. The first-order valence-corrected chi connectivity index (χ1v) is 11.0. The van der Waals surface area contributed by atoms with Gasteiger partial charge >= 0.3 is 6.18 Å². The molecule has 0 unspecified atom stereocenters. The number of nitrogens with one attached hydrogen (secondary N) is 1. The topological polar surface area (TPSA) is 106 Å². The van der Waals surface area contributed by atoms with E-state index in [4.69, 9.17) is 14.7 Å². The Balaban J connectivity index is 1.34. The molecule has 1 amide bonds.